The van der Waals surface area contributed by atoms with Gasteiger partial charge in [0.05, 0.1) is 19.2 Å². The van der Waals surface area contributed by atoms with Gasteiger partial charge in [-0.1, -0.05) is 0 Å². The summed E-state index contributed by atoms with van der Waals surface area (Å²) in [6.45, 7) is 7.22. The van der Waals surface area contributed by atoms with Gasteiger partial charge >= 0.3 is 11.9 Å². The Balaban J connectivity index is 0.00000480. The molecule has 168 valence electrons. The fourth-order valence-electron chi connectivity index (χ4n) is 2.48. The van der Waals surface area contributed by atoms with Crippen molar-refractivity contribution in [3.63, 3.8) is 0 Å². The zero-order valence-electron chi connectivity index (χ0n) is 18.3. The van der Waals surface area contributed by atoms with Gasteiger partial charge in [0.2, 0.25) is 0 Å². The molecule has 0 aliphatic heterocycles. The Hall–Kier alpha value is -2.90. The van der Waals surface area contributed by atoms with E-state index in [9.17, 15) is 14.4 Å². The molecule has 0 fully saturated rings. The standard InChI is InChI=1S/C23H27NO6.ClH/c1-15(25)29-14-18-12-17(20(26)13-24-23(2,3)4)8-11-21(18)30-22(27)16-6-9-19(28-5)10-7-16;/h6-12,24H,13-14H2,1-5H3;1H. The molecule has 0 spiro atoms. The van der Waals surface area contributed by atoms with Gasteiger partial charge in [0, 0.05) is 23.6 Å². The first-order valence-corrected chi connectivity index (χ1v) is 9.50. The molecule has 0 saturated heterocycles. The van der Waals surface area contributed by atoms with Crippen molar-refractivity contribution in [3.05, 3.63) is 59.2 Å². The number of benzene rings is 2. The van der Waals surface area contributed by atoms with Crippen LogP contribution in [-0.2, 0) is 16.1 Å². The number of ether oxygens (including phenoxy) is 3. The van der Waals surface area contributed by atoms with Crippen LogP contribution in [0, 0.1) is 0 Å². The number of nitrogens with one attached hydrogen (secondary N) is 1. The van der Waals surface area contributed by atoms with Crippen molar-refractivity contribution < 1.29 is 28.6 Å². The van der Waals surface area contributed by atoms with Crippen LogP contribution in [0.25, 0.3) is 0 Å². The van der Waals surface area contributed by atoms with E-state index in [2.05, 4.69) is 5.32 Å². The highest BCUT2D eigenvalue weighted by Gasteiger charge is 2.17. The van der Waals surface area contributed by atoms with E-state index in [1.165, 1.54) is 20.1 Å². The number of carbonyl (C=O) groups is 3. The summed E-state index contributed by atoms with van der Waals surface area (Å²) in [4.78, 5) is 36.2. The summed E-state index contributed by atoms with van der Waals surface area (Å²) in [5.74, 6) is -0.336. The van der Waals surface area contributed by atoms with Gasteiger partial charge in [0.1, 0.15) is 18.1 Å². The number of rotatable bonds is 8. The minimum Gasteiger partial charge on any atom is -0.497 e. The lowest BCUT2D eigenvalue weighted by Crippen LogP contribution is -2.39. The quantitative estimate of drug-likeness (QED) is 0.370. The average Bonchev–Trinajstić information content (AvgIpc) is 2.70. The Morgan fingerprint density at radius 1 is 0.968 bits per heavy atom. The summed E-state index contributed by atoms with van der Waals surface area (Å²) in [5.41, 5.74) is 0.986. The van der Waals surface area contributed by atoms with Gasteiger partial charge in [-0.2, -0.15) is 0 Å². The number of carbonyl (C=O) groups excluding carboxylic acids is 3. The lowest BCUT2D eigenvalue weighted by molar-refractivity contribution is -0.142. The number of hydrogen-bond acceptors (Lipinski definition) is 7. The van der Waals surface area contributed by atoms with Crippen molar-refractivity contribution in [1.82, 2.24) is 5.32 Å². The van der Waals surface area contributed by atoms with E-state index < -0.39 is 11.9 Å². The monoisotopic (exact) mass is 449 g/mol. The van der Waals surface area contributed by atoms with Gasteiger partial charge < -0.3 is 19.5 Å². The molecule has 0 bridgehead atoms. The summed E-state index contributed by atoms with van der Waals surface area (Å²) in [7, 11) is 1.54. The summed E-state index contributed by atoms with van der Waals surface area (Å²) in [6.07, 6.45) is 0. The molecule has 2 aromatic carbocycles. The van der Waals surface area contributed by atoms with Gasteiger partial charge in [-0.05, 0) is 63.2 Å². The van der Waals surface area contributed by atoms with Crippen molar-refractivity contribution in [2.75, 3.05) is 13.7 Å². The molecule has 0 radical (unpaired) electrons. The van der Waals surface area contributed by atoms with E-state index >= 15 is 0 Å². The van der Waals surface area contributed by atoms with Crippen molar-refractivity contribution in [2.24, 2.45) is 0 Å². The lowest BCUT2D eigenvalue weighted by Gasteiger charge is -2.20. The number of methoxy groups -OCH3 is 1. The maximum Gasteiger partial charge on any atom is 0.343 e. The van der Waals surface area contributed by atoms with Crippen LogP contribution in [0.4, 0.5) is 0 Å². The Labute approximate surface area is 188 Å². The van der Waals surface area contributed by atoms with Crippen LogP contribution < -0.4 is 14.8 Å². The number of hydrogen-bond donors (Lipinski definition) is 1. The Morgan fingerprint density at radius 2 is 1.58 bits per heavy atom. The number of Topliss-reactive ketones (excluding diaryl/α,β-unsaturated/α-hetero) is 1. The first kappa shape index (κ1) is 26.1. The van der Waals surface area contributed by atoms with E-state index in [4.69, 9.17) is 14.2 Å². The SMILES string of the molecule is COc1ccc(C(=O)Oc2ccc(C(=O)CNC(C)(C)C)cc2COC(C)=O)cc1.Cl. The molecule has 0 unspecified atom stereocenters. The van der Waals surface area contributed by atoms with Crippen LogP contribution in [0.15, 0.2) is 42.5 Å². The summed E-state index contributed by atoms with van der Waals surface area (Å²) in [6, 6.07) is 11.2. The molecule has 0 saturated carbocycles. The van der Waals surface area contributed by atoms with E-state index in [0.29, 0.717) is 22.4 Å². The Kier molecular flexibility index (Phi) is 9.68. The second kappa shape index (κ2) is 11.5. The Bertz CT molecular complexity index is 919. The topological polar surface area (TPSA) is 90.9 Å². The van der Waals surface area contributed by atoms with Crippen LogP contribution in [-0.4, -0.2) is 36.9 Å². The summed E-state index contributed by atoms with van der Waals surface area (Å²) >= 11 is 0. The highest BCUT2D eigenvalue weighted by atomic mass is 35.5. The molecule has 0 aliphatic carbocycles. The maximum atomic E-state index is 12.5. The third kappa shape index (κ3) is 8.39. The molecule has 0 atom stereocenters. The first-order chi connectivity index (χ1) is 14.1. The van der Waals surface area contributed by atoms with Crippen molar-refractivity contribution in [1.29, 1.82) is 0 Å². The minimum absolute atomic E-state index is 0. The van der Waals surface area contributed by atoms with Gasteiger partial charge in [0.15, 0.2) is 5.78 Å². The molecule has 0 heterocycles. The van der Waals surface area contributed by atoms with Crippen LogP contribution in [0.1, 0.15) is 54.0 Å². The predicted molar refractivity (Wildman–Crippen MR) is 119 cm³/mol. The molecule has 0 amide bonds. The third-order valence-corrected chi connectivity index (χ3v) is 4.12. The zero-order valence-corrected chi connectivity index (χ0v) is 19.1. The molecule has 8 heteroatoms. The van der Waals surface area contributed by atoms with Gasteiger partial charge in [-0.25, -0.2) is 4.79 Å². The van der Waals surface area contributed by atoms with Gasteiger partial charge in [-0.15, -0.1) is 12.4 Å². The molecule has 31 heavy (non-hydrogen) atoms. The van der Waals surface area contributed by atoms with Crippen LogP contribution in [0.2, 0.25) is 0 Å². The molecule has 2 aromatic rings. The third-order valence-electron chi connectivity index (χ3n) is 4.12. The fraction of sp³-hybridized carbons (Fsp3) is 0.348. The van der Waals surface area contributed by atoms with Crippen LogP contribution in [0.3, 0.4) is 0 Å². The smallest absolute Gasteiger partial charge is 0.343 e. The van der Waals surface area contributed by atoms with Crippen LogP contribution in [0.5, 0.6) is 11.5 Å². The van der Waals surface area contributed by atoms with E-state index in [-0.39, 0.29) is 42.6 Å². The molecular weight excluding hydrogens is 422 g/mol. The fourth-order valence-corrected chi connectivity index (χ4v) is 2.48. The second-order valence-electron chi connectivity index (χ2n) is 7.75. The maximum absolute atomic E-state index is 12.5. The molecule has 2 rings (SSSR count). The number of esters is 2. The van der Waals surface area contributed by atoms with Gasteiger partial charge in [0.25, 0.3) is 0 Å². The average molecular weight is 450 g/mol. The zero-order chi connectivity index (χ0) is 22.3. The molecular formula is C23H28ClNO6. The highest BCUT2D eigenvalue weighted by Crippen LogP contribution is 2.23. The van der Waals surface area contributed by atoms with E-state index in [1.54, 1.807) is 36.4 Å². The number of halogens is 1. The Morgan fingerprint density at radius 3 is 2.13 bits per heavy atom. The largest absolute Gasteiger partial charge is 0.497 e. The minimum atomic E-state index is -0.574. The second-order valence-corrected chi connectivity index (χ2v) is 7.75. The van der Waals surface area contributed by atoms with Crippen molar-refractivity contribution in [2.45, 2.75) is 39.8 Å². The van der Waals surface area contributed by atoms with E-state index in [1.807, 2.05) is 20.8 Å². The summed E-state index contributed by atoms with van der Waals surface area (Å²) < 4.78 is 15.6. The van der Waals surface area contributed by atoms with Crippen molar-refractivity contribution >= 4 is 30.1 Å². The van der Waals surface area contributed by atoms with Crippen LogP contribution >= 0.6 is 12.4 Å². The molecule has 0 aliphatic rings. The summed E-state index contributed by atoms with van der Waals surface area (Å²) in [5, 5.41) is 3.14. The van der Waals surface area contributed by atoms with Gasteiger partial charge in [-0.3, -0.25) is 9.59 Å². The highest BCUT2D eigenvalue weighted by molar-refractivity contribution is 5.98. The molecule has 7 nitrogen and oxygen atoms in total. The first-order valence-electron chi connectivity index (χ1n) is 9.50. The van der Waals surface area contributed by atoms with E-state index in [0.717, 1.165) is 0 Å². The predicted octanol–water partition coefficient (Wildman–Crippen LogP) is 3.97. The van der Waals surface area contributed by atoms with Crippen molar-refractivity contribution in [3.8, 4) is 11.5 Å². The molecule has 1 N–H and O–H groups in total. The normalized spacial score (nSPS) is 10.6. The molecule has 0 aromatic heterocycles. The lowest BCUT2D eigenvalue weighted by atomic mass is 10.0. The number of ketones is 1.